The second kappa shape index (κ2) is 5.27. The first-order chi connectivity index (χ1) is 9.03. The summed E-state index contributed by atoms with van der Waals surface area (Å²) >= 11 is 0. The van der Waals surface area contributed by atoms with E-state index in [4.69, 9.17) is 0 Å². The van der Waals surface area contributed by atoms with E-state index in [0.717, 1.165) is 0 Å². The lowest BCUT2D eigenvalue weighted by atomic mass is 10.4. The van der Waals surface area contributed by atoms with Gasteiger partial charge in [-0.25, -0.2) is 13.4 Å². The summed E-state index contributed by atoms with van der Waals surface area (Å²) in [6.45, 7) is 2.59. The second-order valence-electron chi connectivity index (χ2n) is 3.85. The Kier molecular flexibility index (Phi) is 3.70. The van der Waals surface area contributed by atoms with Gasteiger partial charge >= 0.3 is 0 Å². The van der Waals surface area contributed by atoms with Crippen molar-refractivity contribution < 1.29 is 8.42 Å². The van der Waals surface area contributed by atoms with Gasteiger partial charge in [0.2, 0.25) is 0 Å². The lowest BCUT2D eigenvalue weighted by molar-refractivity contribution is 0.600. The first-order valence-corrected chi connectivity index (χ1v) is 7.22. The van der Waals surface area contributed by atoms with E-state index in [0.29, 0.717) is 18.2 Å². The summed E-state index contributed by atoms with van der Waals surface area (Å²) in [7, 11) is -1.98. The average Bonchev–Trinajstić information content (AvgIpc) is 2.75. The van der Waals surface area contributed by atoms with Crippen molar-refractivity contribution in [3.63, 3.8) is 0 Å². The molecule has 0 fully saturated rings. The molecule has 102 valence electrons. The lowest BCUT2D eigenvalue weighted by Crippen LogP contribution is -2.16. The largest absolute Gasteiger partial charge is 0.370 e. The van der Waals surface area contributed by atoms with Crippen molar-refractivity contribution in [2.24, 2.45) is 7.05 Å². The zero-order valence-electron chi connectivity index (χ0n) is 10.7. The van der Waals surface area contributed by atoms with Crippen LogP contribution in [0.5, 0.6) is 0 Å². The Bertz CT molecular complexity index is 665. The number of aromatic nitrogens is 3. The van der Waals surface area contributed by atoms with E-state index in [-0.39, 0.29) is 4.90 Å². The van der Waals surface area contributed by atoms with E-state index >= 15 is 0 Å². The van der Waals surface area contributed by atoms with Crippen molar-refractivity contribution in [2.45, 2.75) is 11.8 Å². The fourth-order valence-corrected chi connectivity index (χ4v) is 2.63. The molecule has 2 rings (SSSR count). The molecule has 0 amide bonds. The number of rotatable bonds is 5. The van der Waals surface area contributed by atoms with E-state index in [1.165, 1.54) is 29.2 Å². The maximum atomic E-state index is 12.2. The third-order valence-corrected chi connectivity index (χ3v) is 3.81. The molecule has 0 saturated carbocycles. The molecule has 0 unspecified atom stereocenters. The molecule has 0 bridgehead atoms. The first kappa shape index (κ1) is 13.3. The Labute approximate surface area is 111 Å². The molecule has 2 aromatic rings. The SMILES string of the molecule is CCNc1cc(S(=O)(=O)Nc2ccnn2C)ccn1. The smallest absolute Gasteiger partial charge is 0.263 e. The van der Waals surface area contributed by atoms with Crippen LogP contribution in [0.1, 0.15) is 6.92 Å². The number of aryl methyl sites for hydroxylation is 1. The van der Waals surface area contributed by atoms with Gasteiger partial charge in [-0.05, 0) is 13.0 Å². The Hall–Kier alpha value is -2.09. The summed E-state index contributed by atoms with van der Waals surface area (Å²) in [6, 6.07) is 4.52. The average molecular weight is 281 g/mol. The summed E-state index contributed by atoms with van der Waals surface area (Å²) in [6.07, 6.45) is 2.98. The molecule has 2 heterocycles. The maximum Gasteiger partial charge on any atom is 0.263 e. The molecule has 19 heavy (non-hydrogen) atoms. The highest BCUT2D eigenvalue weighted by Gasteiger charge is 2.16. The molecule has 0 aliphatic heterocycles. The quantitative estimate of drug-likeness (QED) is 0.855. The van der Waals surface area contributed by atoms with E-state index in [9.17, 15) is 8.42 Å². The van der Waals surface area contributed by atoms with Gasteiger partial charge < -0.3 is 5.32 Å². The monoisotopic (exact) mass is 281 g/mol. The third kappa shape index (κ3) is 3.02. The van der Waals surface area contributed by atoms with E-state index in [2.05, 4.69) is 20.1 Å². The number of hydrogen-bond donors (Lipinski definition) is 2. The summed E-state index contributed by atoms with van der Waals surface area (Å²) in [5.41, 5.74) is 0. The molecule has 0 atom stereocenters. The number of sulfonamides is 1. The Morgan fingerprint density at radius 3 is 2.74 bits per heavy atom. The third-order valence-electron chi connectivity index (χ3n) is 2.46. The molecule has 8 heteroatoms. The molecular weight excluding hydrogens is 266 g/mol. The fraction of sp³-hybridized carbons (Fsp3) is 0.273. The predicted octanol–water partition coefficient (Wildman–Crippen LogP) is 1.05. The van der Waals surface area contributed by atoms with Gasteiger partial charge in [-0.2, -0.15) is 5.10 Å². The number of nitrogens with one attached hydrogen (secondary N) is 2. The number of hydrogen-bond acceptors (Lipinski definition) is 5. The van der Waals surface area contributed by atoms with Crippen LogP contribution in [0, 0.1) is 0 Å². The van der Waals surface area contributed by atoms with Crippen molar-refractivity contribution in [1.29, 1.82) is 0 Å². The van der Waals surface area contributed by atoms with Crippen molar-refractivity contribution >= 4 is 21.7 Å². The van der Waals surface area contributed by atoms with Crippen LogP contribution in [0.15, 0.2) is 35.5 Å². The maximum absolute atomic E-state index is 12.2. The zero-order chi connectivity index (χ0) is 13.9. The summed E-state index contributed by atoms with van der Waals surface area (Å²) in [5, 5.41) is 6.88. The van der Waals surface area contributed by atoms with Crippen LogP contribution >= 0.6 is 0 Å². The van der Waals surface area contributed by atoms with Crippen LogP contribution in [0.2, 0.25) is 0 Å². The Morgan fingerprint density at radius 2 is 2.11 bits per heavy atom. The van der Waals surface area contributed by atoms with Gasteiger partial charge in [0.05, 0.1) is 11.1 Å². The summed E-state index contributed by atoms with van der Waals surface area (Å²) in [4.78, 5) is 4.19. The second-order valence-corrected chi connectivity index (χ2v) is 5.54. The van der Waals surface area contributed by atoms with Crippen LogP contribution in [-0.2, 0) is 17.1 Å². The number of nitrogens with zero attached hydrogens (tertiary/aromatic N) is 3. The normalized spacial score (nSPS) is 11.3. The van der Waals surface area contributed by atoms with Crippen LogP contribution in [-0.4, -0.2) is 29.7 Å². The molecule has 0 radical (unpaired) electrons. The van der Waals surface area contributed by atoms with Crippen molar-refractivity contribution in [3.05, 3.63) is 30.6 Å². The number of anilines is 2. The Morgan fingerprint density at radius 1 is 1.32 bits per heavy atom. The van der Waals surface area contributed by atoms with Crippen LogP contribution in [0.3, 0.4) is 0 Å². The molecule has 0 aliphatic carbocycles. The van der Waals surface area contributed by atoms with Crippen molar-refractivity contribution in [3.8, 4) is 0 Å². The van der Waals surface area contributed by atoms with Gasteiger partial charge in [0.25, 0.3) is 10.0 Å². The molecule has 0 aliphatic rings. The van der Waals surface area contributed by atoms with Gasteiger partial charge in [-0.1, -0.05) is 0 Å². The van der Waals surface area contributed by atoms with Gasteiger partial charge in [0.1, 0.15) is 11.6 Å². The molecule has 0 spiro atoms. The number of pyridine rings is 1. The standard InChI is InChI=1S/C11H15N5O2S/c1-3-12-10-8-9(4-6-13-10)19(17,18)15-11-5-7-14-16(11)2/h4-8,15H,3H2,1-2H3,(H,12,13). The highest BCUT2D eigenvalue weighted by Crippen LogP contribution is 2.16. The lowest BCUT2D eigenvalue weighted by Gasteiger charge is -2.09. The van der Waals surface area contributed by atoms with E-state index in [1.807, 2.05) is 6.92 Å². The summed E-state index contributed by atoms with van der Waals surface area (Å²) in [5.74, 6) is 0.928. The topological polar surface area (TPSA) is 88.9 Å². The van der Waals surface area contributed by atoms with Crippen LogP contribution in [0.4, 0.5) is 11.6 Å². The van der Waals surface area contributed by atoms with Crippen LogP contribution in [0.25, 0.3) is 0 Å². The van der Waals surface area contributed by atoms with Crippen LogP contribution < -0.4 is 10.0 Å². The molecule has 0 aromatic carbocycles. The van der Waals surface area contributed by atoms with E-state index in [1.54, 1.807) is 13.1 Å². The molecule has 0 saturated heterocycles. The molecule has 7 nitrogen and oxygen atoms in total. The van der Waals surface area contributed by atoms with Gasteiger partial charge in [0, 0.05) is 31.9 Å². The highest BCUT2D eigenvalue weighted by atomic mass is 32.2. The minimum Gasteiger partial charge on any atom is -0.370 e. The predicted molar refractivity (Wildman–Crippen MR) is 72.4 cm³/mol. The Balaban J connectivity index is 2.29. The molecule has 2 aromatic heterocycles. The van der Waals surface area contributed by atoms with Crippen molar-refractivity contribution in [1.82, 2.24) is 14.8 Å². The fourth-order valence-electron chi connectivity index (χ4n) is 1.53. The zero-order valence-corrected chi connectivity index (χ0v) is 11.5. The van der Waals surface area contributed by atoms with Crippen molar-refractivity contribution in [2.75, 3.05) is 16.6 Å². The minimum atomic E-state index is -3.64. The van der Waals surface area contributed by atoms with Gasteiger partial charge in [-0.15, -0.1) is 0 Å². The van der Waals surface area contributed by atoms with E-state index < -0.39 is 10.0 Å². The van der Waals surface area contributed by atoms with Gasteiger partial charge in [-0.3, -0.25) is 9.40 Å². The minimum absolute atomic E-state index is 0.152. The summed E-state index contributed by atoms with van der Waals surface area (Å²) < 4.78 is 28.3. The molecule has 2 N–H and O–H groups in total. The molecular formula is C11H15N5O2S. The van der Waals surface area contributed by atoms with Gasteiger partial charge in [0.15, 0.2) is 0 Å². The highest BCUT2D eigenvalue weighted by molar-refractivity contribution is 7.92. The first-order valence-electron chi connectivity index (χ1n) is 5.73.